The Morgan fingerprint density at radius 2 is 2.00 bits per heavy atom. The van der Waals surface area contributed by atoms with Crippen LogP contribution in [0.3, 0.4) is 0 Å². The number of nitrogen functional groups attached to an aromatic ring is 1. The van der Waals surface area contributed by atoms with Gasteiger partial charge in [0.1, 0.15) is 12.4 Å². The van der Waals surface area contributed by atoms with E-state index in [-0.39, 0.29) is 0 Å². The molecule has 0 aliphatic carbocycles. The van der Waals surface area contributed by atoms with E-state index in [2.05, 4.69) is 29.8 Å². The molecule has 0 fully saturated rings. The van der Waals surface area contributed by atoms with Crippen molar-refractivity contribution in [2.24, 2.45) is 5.92 Å². The first-order valence-electron chi connectivity index (χ1n) is 5.77. The van der Waals surface area contributed by atoms with Gasteiger partial charge in [-0.2, -0.15) is 0 Å². The zero-order chi connectivity index (χ0) is 12.8. The van der Waals surface area contributed by atoms with Crippen LogP contribution in [0.5, 0.6) is 5.75 Å². The van der Waals surface area contributed by atoms with Crippen molar-refractivity contribution in [1.29, 1.82) is 0 Å². The zero-order valence-electron chi connectivity index (χ0n) is 10.6. The summed E-state index contributed by atoms with van der Waals surface area (Å²) in [6.07, 6.45) is 0. The molecule has 96 valence electrons. The number of halogens is 1. The van der Waals surface area contributed by atoms with Gasteiger partial charge in [-0.15, -0.1) is 0 Å². The van der Waals surface area contributed by atoms with Gasteiger partial charge < -0.3 is 15.2 Å². The standard InChI is InChI=1S/C13H20BrNO2/c1-9(2)8-16-4-5-17-13-10(3)6-11(14)7-12(13)15/h6-7,9H,4-5,8,15H2,1-3H3. The maximum absolute atomic E-state index is 5.89. The minimum Gasteiger partial charge on any atom is -0.489 e. The monoisotopic (exact) mass is 301 g/mol. The molecule has 3 nitrogen and oxygen atoms in total. The molecule has 0 atom stereocenters. The Morgan fingerprint density at radius 3 is 2.59 bits per heavy atom. The molecule has 17 heavy (non-hydrogen) atoms. The van der Waals surface area contributed by atoms with E-state index in [4.69, 9.17) is 15.2 Å². The third-order valence-corrected chi connectivity index (χ3v) is 2.65. The van der Waals surface area contributed by atoms with Crippen LogP contribution in [0.25, 0.3) is 0 Å². The van der Waals surface area contributed by atoms with Crippen LogP contribution in [0, 0.1) is 12.8 Å². The summed E-state index contributed by atoms with van der Waals surface area (Å²) in [5.41, 5.74) is 7.57. The van der Waals surface area contributed by atoms with E-state index in [1.165, 1.54) is 0 Å². The van der Waals surface area contributed by atoms with Crippen LogP contribution in [-0.2, 0) is 4.74 Å². The van der Waals surface area contributed by atoms with Crippen LogP contribution in [0.4, 0.5) is 5.69 Å². The van der Waals surface area contributed by atoms with Gasteiger partial charge in [0.25, 0.3) is 0 Å². The second kappa shape index (κ2) is 6.87. The molecule has 2 N–H and O–H groups in total. The fourth-order valence-electron chi connectivity index (χ4n) is 1.47. The first-order valence-corrected chi connectivity index (χ1v) is 6.56. The summed E-state index contributed by atoms with van der Waals surface area (Å²) in [6, 6.07) is 3.83. The molecule has 0 saturated carbocycles. The van der Waals surface area contributed by atoms with Gasteiger partial charge in [0, 0.05) is 11.1 Å². The van der Waals surface area contributed by atoms with Crippen LogP contribution >= 0.6 is 15.9 Å². The first-order chi connectivity index (χ1) is 8.00. The summed E-state index contributed by atoms with van der Waals surface area (Å²) < 4.78 is 12.0. The molecular formula is C13H20BrNO2. The number of aryl methyl sites for hydroxylation is 1. The van der Waals surface area contributed by atoms with E-state index >= 15 is 0 Å². The van der Waals surface area contributed by atoms with Crippen molar-refractivity contribution in [3.05, 3.63) is 22.2 Å². The van der Waals surface area contributed by atoms with Gasteiger partial charge in [-0.05, 0) is 30.5 Å². The molecule has 0 heterocycles. The Bertz CT molecular complexity index is 343. The van der Waals surface area contributed by atoms with E-state index in [1.54, 1.807) is 0 Å². The number of hydrogen-bond donors (Lipinski definition) is 1. The molecule has 0 unspecified atom stereocenters. The molecule has 0 radical (unpaired) electrons. The van der Waals surface area contributed by atoms with Crippen molar-refractivity contribution in [3.8, 4) is 5.75 Å². The molecule has 0 amide bonds. The summed E-state index contributed by atoms with van der Waals surface area (Å²) in [7, 11) is 0. The molecule has 0 aromatic heterocycles. The average molecular weight is 302 g/mol. The number of hydrogen-bond acceptors (Lipinski definition) is 3. The minimum atomic E-state index is 0.527. The lowest BCUT2D eigenvalue weighted by Gasteiger charge is -2.13. The molecule has 1 aromatic carbocycles. The van der Waals surface area contributed by atoms with Crippen molar-refractivity contribution in [2.45, 2.75) is 20.8 Å². The fourth-order valence-corrected chi connectivity index (χ4v) is 2.06. The van der Waals surface area contributed by atoms with Gasteiger partial charge in [0.15, 0.2) is 0 Å². The van der Waals surface area contributed by atoms with Gasteiger partial charge in [0.05, 0.1) is 12.3 Å². The van der Waals surface area contributed by atoms with Crippen LogP contribution < -0.4 is 10.5 Å². The highest BCUT2D eigenvalue weighted by atomic mass is 79.9. The van der Waals surface area contributed by atoms with E-state index in [0.717, 1.165) is 22.4 Å². The average Bonchev–Trinajstić information content (AvgIpc) is 2.20. The number of benzene rings is 1. The van der Waals surface area contributed by atoms with Crippen molar-refractivity contribution in [2.75, 3.05) is 25.6 Å². The van der Waals surface area contributed by atoms with Gasteiger partial charge in [-0.1, -0.05) is 29.8 Å². The van der Waals surface area contributed by atoms with Crippen molar-refractivity contribution < 1.29 is 9.47 Å². The summed E-state index contributed by atoms with van der Waals surface area (Å²) in [6.45, 7) is 8.10. The summed E-state index contributed by atoms with van der Waals surface area (Å²) >= 11 is 3.40. The lowest BCUT2D eigenvalue weighted by Crippen LogP contribution is -2.11. The second-order valence-electron chi connectivity index (χ2n) is 4.46. The highest BCUT2D eigenvalue weighted by Gasteiger charge is 2.06. The van der Waals surface area contributed by atoms with Crippen LogP contribution in [0.1, 0.15) is 19.4 Å². The molecule has 0 aliphatic rings. The van der Waals surface area contributed by atoms with E-state index < -0.39 is 0 Å². The van der Waals surface area contributed by atoms with Gasteiger partial charge in [-0.3, -0.25) is 0 Å². The number of anilines is 1. The van der Waals surface area contributed by atoms with Gasteiger partial charge in [-0.25, -0.2) is 0 Å². The van der Waals surface area contributed by atoms with Crippen molar-refractivity contribution in [1.82, 2.24) is 0 Å². The first kappa shape index (κ1) is 14.3. The zero-order valence-corrected chi connectivity index (χ0v) is 12.2. The smallest absolute Gasteiger partial charge is 0.145 e. The van der Waals surface area contributed by atoms with E-state index in [1.807, 2.05) is 19.1 Å². The molecule has 0 aliphatic heterocycles. The Balaban J connectivity index is 2.42. The molecule has 1 rings (SSSR count). The second-order valence-corrected chi connectivity index (χ2v) is 5.37. The van der Waals surface area contributed by atoms with Crippen molar-refractivity contribution >= 4 is 21.6 Å². The summed E-state index contributed by atoms with van der Waals surface area (Å²) in [4.78, 5) is 0. The Kier molecular flexibility index (Phi) is 5.78. The largest absolute Gasteiger partial charge is 0.489 e. The Labute approximate surface area is 111 Å². The maximum atomic E-state index is 5.89. The Hall–Kier alpha value is -0.740. The molecule has 0 spiro atoms. The van der Waals surface area contributed by atoms with Gasteiger partial charge >= 0.3 is 0 Å². The molecular weight excluding hydrogens is 282 g/mol. The lowest BCUT2D eigenvalue weighted by atomic mass is 10.2. The normalized spacial score (nSPS) is 10.9. The highest BCUT2D eigenvalue weighted by Crippen LogP contribution is 2.29. The predicted octanol–water partition coefficient (Wildman–Crippen LogP) is 3.39. The van der Waals surface area contributed by atoms with Gasteiger partial charge in [0.2, 0.25) is 0 Å². The summed E-state index contributed by atoms with van der Waals surface area (Å²) in [5.74, 6) is 1.30. The van der Waals surface area contributed by atoms with E-state index in [0.29, 0.717) is 24.8 Å². The quantitative estimate of drug-likeness (QED) is 0.647. The Morgan fingerprint density at radius 1 is 1.29 bits per heavy atom. The topological polar surface area (TPSA) is 44.5 Å². The molecule has 0 bridgehead atoms. The van der Waals surface area contributed by atoms with Crippen molar-refractivity contribution in [3.63, 3.8) is 0 Å². The minimum absolute atomic E-state index is 0.527. The third-order valence-electron chi connectivity index (χ3n) is 2.19. The predicted molar refractivity (Wildman–Crippen MR) is 74.4 cm³/mol. The maximum Gasteiger partial charge on any atom is 0.145 e. The van der Waals surface area contributed by atoms with Crippen LogP contribution in [-0.4, -0.2) is 19.8 Å². The lowest BCUT2D eigenvalue weighted by molar-refractivity contribution is 0.0819. The SMILES string of the molecule is Cc1cc(Br)cc(N)c1OCCOCC(C)C. The van der Waals surface area contributed by atoms with Crippen LogP contribution in [0.15, 0.2) is 16.6 Å². The molecule has 1 aromatic rings. The molecule has 0 saturated heterocycles. The number of nitrogens with two attached hydrogens (primary N) is 1. The molecule has 4 heteroatoms. The fraction of sp³-hybridized carbons (Fsp3) is 0.538. The van der Waals surface area contributed by atoms with Crippen LogP contribution in [0.2, 0.25) is 0 Å². The van der Waals surface area contributed by atoms with E-state index in [9.17, 15) is 0 Å². The third kappa shape index (κ3) is 4.96. The summed E-state index contributed by atoms with van der Waals surface area (Å²) in [5, 5.41) is 0. The number of ether oxygens (including phenoxy) is 2. The number of rotatable bonds is 6. The highest BCUT2D eigenvalue weighted by molar-refractivity contribution is 9.10.